The third-order valence-electron chi connectivity index (χ3n) is 5.49. The number of carbonyl (C=O) groups is 1. The zero-order valence-corrected chi connectivity index (χ0v) is 21.5. The van der Waals surface area contributed by atoms with Gasteiger partial charge in [0.15, 0.2) is 0 Å². The molecule has 131 valence electrons. The zero-order chi connectivity index (χ0) is 15.7. The summed E-state index contributed by atoms with van der Waals surface area (Å²) in [5.74, 6) is 0.549. The van der Waals surface area contributed by atoms with Crippen molar-refractivity contribution < 1.29 is 50.5 Å². The molecule has 1 N–H and O–H groups in total. The average Bonchev–Trinajstić information content (AvgIpc) is 3.03. The topological polar surface area (TPSA) is 29.1 Å². The molecule has 0 radical (unpaired) electrons. The van der Waals surface area contributed by atoms with Gasteiger partial charge in [0.25, 0.3) is 0 Å². The number of allylic oxidation sites excluding steroid dienone is 4. The van der Waals surface area contributed by atoms with E-state index in [1.807, 2.05) is 0 Å². The van der Waals surface area contributed by atoms with E-state index in [2.05, 4.69) is 44.1 Å². The van der Waals surface area contributed by atoms with E-state index in [0.717, 1.165) is 12.8 Å². The van der Waals surface area contributed by atoms with Crippen LogP contribution in [-0.2, 0) is 25.7 Å². The fourth-order valence-corrected chi connectivity index (χ4v) is 26.2. The molecular weight excluding hydrogens is 512 g/mol. The van der Waals surface area contributed by atoms with E-state index >= 15 is 0 Å². The van der Waals surface area contributed by atoms with Crippen LogP contribution in [0.4, 0.5) is 0 Å². The predicted molar refractivity (Wildman–Crippen MR) is 89.2 cm³/mol. The van der Waals surface area contributed by atoms with Gasteiger partial charge in [0, 0.05) is 0 Å². The molecule has 0 aromatic heterocycles. The van der Waals surface area contributed by atoms with Crippen LogP contribution in [-0.4, -0.2) is 11.9 Å². The average molecular weight is 542 g/mol. The van der Waals surface area contributed by atoms with Crippen molar-refractivity contribution in [1.82, 2.24) is 3.30 Å². The minimum Gasteiger partial charge on any atom is -1.00 e. The molecule has 2 aliphatic carbocycles. The van der Waals surface area contributed by atoms with Crippen molar-refractivity contribution in [3.8, 4) is 0 Å². The minimum absolute atomic E-state index is 0. The van der Waals surface area contributed by atoms with Gasteiger partial charge in [-0.05, 0) is 0 Å². The van der Waals surface area contributed by atoms with Gasteiger partial charge in [-0.15, -0.1) is 0 Å². The summed E-state index contributed by atoms with van der Waals surface area (Å²) in [7, 11) is 0. The van der Waals surface area contributed by atoms with Crippen LogP contribution in [0.1, 0.15) is 53.4 Å². The predicted octanol–water partition coefficient (Wildman–Crippen LogP) is -1.92. The summed E-state index contributed by atoms with van der Waals surface area (Å²) < 4.78 is 5.36. The molecule has 0 aliphatic heterocycles. The molecule has 2 nitrogen and oxygen atoms in total. The van der Waals surface area contributed by atoms with Gasteiger partial charge >= 0.3 is 139 Å². The summed E-state index contributed by atoms with van der Waals surface area (Å²) in [5, 5.41) is 0. The Morgan fingerprint density at radius 2 is 1.61 bits per heavy atom. The van der Waals surface area contributed by atoms with Gasteiger partial charge in [-0.1, -0.05) is 0 Å². The van der Waals surface area contributed by atoms with Crippen molar-refractivity contribution in [1.29, 1.82) is 0 Å². The van der Waals surface area contributed by atoms with E-state index in [-0.39, 0.29) is 24.8 Å². The van der Waals surface area contributed by atoms with Crippen LogP contribution >= 0.6 is 0 Å². The molecule has 23 heavy (non-hydrogen) atoms. The monoisotopic (exact) mass is 542 g/mol. The molecule has 0 aromatic rings. The van der Waals surface area contributed by atoms with Crippen molar-refractivity contribution in [3.63, 3.8) is 0 Å². The smallest absolute Gasteiger partial charge is 1.00 e. The Bertz CT molecular complexity index is 499. The molecule has 0 saturated heterocycles. The summed E-state index contributed by atoms with van der Waals surface area (Å²) in [6.45, 7) is 14.1. The number of nitrogens with one attached hydrogen (secondary N) is 1. The van der Waals surface area contributed by atoms with E-state index in [4.69, 9.17) is 0 Å². The van der Waals surface area contributed by atoms with Gasteiger partial charge in [-0.3, -0.25) is 0 Å². The standard InChI is InChI=1S/C9H13.C6H11NO.C2H7Si.2ClH.Hf/c1-6-5-7(2)9(4)8(6)3;7-6(8)5-3-1-2-4-5;1-3-2;;;/h6H,1-4H3;5H,1-4H2,(H2,7,8);3H,1-2H3;2*1H;/q;;;;;+3/p-3. The second-order valence-corrected chi connectivity index (χ2v) is 32.4. The third kappa shape index (κ3) is 5.05. The van der Waals surface area contributed by atoms with Crippen LogP contribution in [0, 0.1) is 11.8 Å². The van der Waals surface area contributed by atoms with E-state index in [1.165, 1.54) is 29.6 Å². The second kappa shape index (κ2) is 9.93. The maximum Gasteiger partial charge on any atom is -1.00 e. The van der Waals surface area contributed by atoms with Crippen molar-refractivity contribution in [3.05, 3.63) is 20.0 Å². The Morgan fingerprint density at radius 3 is 2.00 bits per heavy atom. The van der Waals surface area contributed by atoms with Crippen LogP contribution < -0.4 is 28.1 Å². The van der Waals surface area contributed by atoms with E-state index in [0.29, 0.717) is 17.7 Å². The zero-order valence-electron chi connectivity index (χ0n) is 15.2. The molecule has 0 spiro atoms. The largest absolute Gasteiger partial charge is 1.00 e. The van der Waals surface area contributed by atoms with Gasteiger partial charge < -0.3 is 24.8 Å². The van der Waals surface area contributed by atoms with Crippen LogP contribution in [0.5, 0.6) is 0 Å². The first-order valence-electron chi connectivity index (χ1n) is 8.41. The maximum atomic E-state index is 12.6. The van der Waals surface area contributed by atoms with E-state index in [9.17, 15) is 4.79 Å². The number of carbonyl (C=O) groups excluding carboxylic acids is 1. The van der Waals surface area contributed by atoms with Crippen LogP contribution in [0.3, 0.4) is 0 Å². The van der Waals surface area contributed by atoms with Crippen LogP contribution in [0.25, 0.3) is 0 Å². The first-order valence-corrected chi connectivity index (χ1v) is 21.1. The molecule has 0 heterocycles. The van der Waals surface area contributed by atoms with Crippen molar-refractivity contribution in [2.75, 3.05) is 0 Å². The van der Waals surface area contributed by atoms with E-state index in [1.54, 1.807) is 3.33 Å². The Hall–Kier alpha value is 0.617. The van der Waals surface area contributed by atoms with Gasteiger partial charge in [0.05, 0.1) is 0 Å². The minimum atomic E-state index is -2.15. The van der Waals surface area contributed by atoms with Crippen molar-refractivity contribution in [2.45, 2.75) is 66.5 Å². The number of halogens is 2. The van der Waals surface area contributed by atoms with Gasteiger partial charge in [-0.2, -0.15) is 0 Å². The fourth-order valence-electron chi connectivity index (χ4n) is 3.74. The Labute approximate surface area is 163 Å². The maximum absolute atomic E-state index is 12.6. The molecule has 1 saturated carbocycles. The van der Waals surface area contributed by atoms with Gasteiger partial charge in [0.2, 0.25) is 0 Å². The van der Waals surface area contributed by atoms with Crippen molar-refractivity contribution >= 4 is 11.9 Å². The molecule has 1 amide bonds. The summed E-state index contributed by atoms with van der Waals surface area (Å²) in [6.07, 6.45) is 4.73. The molecule has 0 bridgehead atoms. The van der Waals surface area contributed by atoms with Gasteiger partial charge in [-0.25, -0.2) is 0 Å². The Balaban J connectivity index is 0.00000242. The Kier molecular flexibility index (Phi) is 10.2. The number of hydrogen-bond donors (Lipinski definition) is 1. The molecule has 1 atom stereocenters. The first-order chi connectivity index (χ1) is 9.84. The summed E-state index contributed by atoms with van der Waals surface area (Å²) >= 11 is -2.15. The molecule has 2 aliphatic rings. The summed E-state index contributed by atoms with van der Waals surface area (Å²) in [6, 6.07) is 0. The fraction of sp³-hybridized carbons (Fsp3) is 0.706. The van der Waals surface area contributed by atoms with E-state index < -0.39 is 26.9 Å². The quantitative estimate of drug-likeness (QED) is 0.413. The van der Waals surface area contributed by atoms with Crippen LogP contribution in [0.15, 0.2) is 20.0 Å². The molecular formula is C17H30Cl2HfNOSi. The third-order valence-corrected chi connectivity index (χ3v) is 29.7. The van der Waals surface area contributed by atoms with Gasteiger partial charge in [0.1, 0.15) is 0 Å². The molecule has 1 unspecified atom stereocenters. The normalized spacial score (nSPS) is 21.4. The molecule has 1 fully saturated rings. The van der Waals surface area contributed by atoms with Crippen LogP contribution in [0.2, 0.25) is 13.1 Å². The Morgan fingerprint density at radius 1 is 1.09 bits per heavy atom. The number of hydrogen-bond acceptors (Lipinski definition) is 1. The molecule has 0 aromatic carbocycles. The molecule has 2 rings (SSSR count). The SMILES string of the molecule is CC1=C(C)C(C)[C]([Hf+2]([NH]C(=O)C2CCCC2)[SiH](C)C)=C1C.[Cl-].[Cl-]. The second-order valence-electron chi connectivity index (χ2n) is 7.11. The number of rotatable bonds is 4. The summed E-state index contributed by atoms with van der Waals surface area (Å²) in [4.78, 5) is 12.6. The summed E-state index contributed by atoms with van der Waals surface area (Å²) in [5.41, 5.74) is 4.55. The first kappa shape index (κ1) is 23.6. The number of amides is 1. The van der Waals surface area contributed by atoms with Crippen molar-refractivity contribution in [2.24, 2.45) is 11.8 Å². The molecule has 6 heteroatoms.